The zero-order chi connectivity index (χ0) is 14.5. The first-order valence-corrected chi connectivity index (χ1v) is 9.49. The molecule has 1 heterocycles. The van der Waals surface area contributed by atoms with Crippen molar-refractivity contribution < 1.29 is 4.21 Å². The van der Waals surface area contributed by atoms with E-state index in [1.54, 1.807) is 11.8 Å². The number of aromatic nitrogens is 4. The summed E-state index contributed by atoms with van der Waals surface area (Å²) in [6.07, 6.45) is 4.84. The Labute approximate surface area is 131 Å². The lowest BCUT2D eigenvalue weighted by Crippen LogP contribution is -2.09. The van der Waals surface area contributed by atoms with Crippen LogP contribution in [-0.4, -0.2) is 35.9 Å². The molecule has 1 aliphatic rings. The summed E-state index contributed by atoms with van der Waals surface area (Å²) < 4.78 is 14.1. The predicted molar refractivity (Wildman–Crippen MR) is 83.8 cm³/mol. The summed E-state index contributed by atoms with van der Waals surface area (Å²) in [4.78, 5) is 0.883. The van der Waals surface area contributed by atoms with Gasteiger partial charge in [0, 0.05) is 16.4 Å². The number of thioether (sulfide) groups is 1. The average Bonchev–Trinajstić information content (AvgIpc) is 3.18. The summed E-state index contributed by atoms with van der Waals surface area (Å²) in [6, 6.07) is 10.0. The number of rotatable bonds is 6. The van der Waals surface area contributed by atoms with Crippen molar-refractivity contribution in [3.8, 4) is 0 Å². The first kappa shape index (κ1) is 14.7. The first-order chi connectivity index (χ1) is 10.3. The Morgan fingerprint density at radius 2 is 2.00 bits per heavy atom. The third-order valence-electron chi connectivity index (χ3n) is 3.64. The molecule has 0 N–H and O–H groups in total. The zero-order valence-corrected chi connectivity index (χ0v) is 13.4. The molecule has 1 atom stereocenters. The van der Waals surface area contributed by atoms with Crippen LogP contribution in [0.1, 0.15) is 31.7 Å². The van der Waals surface area contributed by atoms with Crippen LogP contribution in [0.15, 0.2) is 40.4 Å². The molecule has 0 radical (unpaired) electrons. The van der Waals surface area contributed by atoms with Crippen LogP contribution in [0.5, 0.6) is 0 Å². The molecule has 7 heteroatoms. The van der Waals surface area contributed by atoms with Gasteiger partial charge in [-0.15, -0.1) is 5.10 Å². The van der Waals surface area contributed by atoms with E-state index in [1.165, 1.54) is 12.8 Å². The number of benzene rings is 1. The maximum absolute atomic E-state index is 12.2. The van der Waals surface area contributed by atoms with Gasteiger partial charge in [0.05, 0.1) is 16.8 Å². The molecule has 1 unspecified atom stereocenters. The highest BCUT2D eigenvalue weighted by atomic mass is 32.2. The first-order valence-electron chi connectivity index (χ1n) is 7.18. The Kier molecular flexibility index (Phi) is 5.03. The van der Waals surface area contributed by atoms with Gasteiger partial charge in [-0.2, -0.15) is 0 Å². The normalized spacial score (nSPS) is 17.1. The Morgan fingerprint density at radius 3 is 2.76 bits per heavy atom. The predicted octanol–water partition coefficient (Wildman–Crippen LogP) is 2.69. The van der Waals surface area contributed by atoms with Gasteiger partial charge < -0.3 is 0 Å². The van der Waals surface area contributed by atoms with Crippen LogP contribution in [0.2, 0.25) is 0 Å². The highest BCUT2D eigenvalue weighted by molar-refractivity contribution is 8.00. The van der Waals surface area contributed by atoms with Crippen LogP contribution in [0.3, 0.4) is 0 Å². The third-order valence-corrected chi connectivity index (χ3v) is 6.21. The van der Waals surface area contributed by atoms with Crippen LogP contribution < -0.4 is 0 Å². The second kappa shape index (κ2) is 7.17. The van der Waals surface area contributed by atoms with Crippen LogP contribution >= 0.6 is 11.8 Å². The molecule has 0 spiro atoms. The van der Waals surface area contributed by atoms with Crippen molar-refractivity contribution in [2.45, 2.75) is 41.8 Å². The van der Waals surface area contributed by atoms with Crippen LogP contribution in [0, 0.1) is 0 Å². The van der Waals surface area contributed by atoms with E-state index in [-0.39, 0.29) is 0 Å². The van der Waals surface area contributed by atoms with E-state index in [0.29, 0.717) is 11.8 Å². The van der Waals surface area contributed by atoms with Crippen LogP contribution in [-0.2, 0) is 10.8 Å². The molecule has 1 aromatic carbocycles. The van der Waals surface area contributed by atoms with Gasteiger partial charge in [-0.05, 0) is 35.4 Å². The Morgan fingerprint density at radius 1 is 1.24 bits per heavy atom. The molecular formula is C14H18N4OS2. The van der Waals surface area contributed by atoms with E-state index in [9.17, 15) is 4.21 Å². The van der Waals surface area contributed by atoms with Gasteiger partial charge in [0.1, 0.15) is 0 Å². The summed E-state index contributed by atoms with van der Waals surface area (Å²) in [5.41, 5.74) is 0. The molecule has 0 saturated heterocycles. The van der Waals surface area contributed by atoms with E-state index in [0.717, 1.165) is 28.6 Å². The molecular weight excluding hydrogens is 304 g/mol. The van der Waals surface area contributed by atoms with Crippen molar-refractivity contribution in [2.75, 3.05) is 11.5 Å². The van der Waals surface area contributed by atoms with E-state index in [2.05, 4.69) is 15.5 Å². The van der Waals surface area contributed by atoms with E-state index in [4.69, 9.17) is 0 Å². The quantitative estimate of drug-likeness (QED) is 0.765. The average molecular weight is 322 g/mol. The maximum Gasteiger partial charge on any atom is 0.209 e. The fourth-order valence-electron chi connectivity index (χ4n) is 2.56. The molecule has 1 aliphatic carbocycles. The fourth-order valence-corrected chi connectivity index (χ4v) is 4.79. The number of hydrogen-bond acceptors (Lipinski definition) is 5. The lowest BCUT2D eigenvalue weighted by atomic mass is 10.3. The van der Waals surface area contributed by atoms with E-state index < -0.39 is 10.8 Å². The van der Waals surface area contributed by atoms with Crippen molar-refractivity contribution >= 4 is 22.6 Å². The second-order valence-corrected chi connectivity index (χ2v) is 7.69. The van der Waals surface area contributed by atoms with Crippen molar-refractivity contribution in [3.05, 3.63) is 30.3 Å². The minimum atomic E-state index is -0.952. The summed E-state index contributed by atoms with van der Waals surface area (Å²) in [6.45, 7) is 0. The number of nitrogens with zero attached hydrogens (tertiary/aromatic N) is 4. The molecule has 0 amide bonds. The number of hydrogen-bond donors (Lipinski definition) is 0. The highest BCUT2D eigenvalue weighted by Crippen LogP contribution is 2.31. The Balaban J connectivity index is 1.54. The molecule has 112 valence electrons. The number of tetrazole rings is 1. The third kappa shape index (κ3) is 3.71. The van der Waals surface area contributed by atoms with E-state index in [1.807, 2.05) is 35.0 Å². The van der Waals surface area contributed by atoms with Crippen molar-refractivity contribution in [1.29, 1.82) is 0 Å². The topological polar surface area (TPSA) is 60.7 Å². The monoisotopic (exact) mass is 322 g/mol. The minimum Gasteiger partial charge on any atom is -0.254 e. The van der Waals surface area contributed by atoms with Gasteiger partial charge in [-0.3, -0.25) is 4.21 Å². The summed E-state index contributed by atoms with van der Waals surface area (Å²) in [5, 5.41) is 12.9. The summed E-state index contributed by atoms with van der Waals surface area (Å²) in [5.74, 6) is 1.38. The summed E-state index contributed by atoms with van der Waals surface area (Å²) in [7, 11) is -0.952. The molecule has 1 fully saturated rings. The standard InChI is InChI=1S/C14H18N4OS2/c19-21(13-8-2-1-3-9-13)11-10-20-14-15-16-17-18(14)12-6-4-5-7-12/h1-3,8-9,12H,4-7,10-11H2. The van der Waals surface area contributed by atoms with Crippen molar-refractivity contribution in [1.82, 2.24) is 20.2 Å². The van der Waals surface area contributed by atoms with Gasteiger partial charge in [-0.25, -0.2) is 4.68 Å². The van der Waals surface area contributed by atoms with Gasteiger partial charge in [0.2, 0.25) is 5.16 Å². The molecule has 0 aliphatic heterocycles. The van der Waals surface area contributed by atoms with Crippen molar-refractivity contribution in [3.63, 3.8) is 0 Å². The molecule has 21 heavy (non-hydrogen) atoms. The van der Waals surface area contributed by atoms with Crippen LogP contribution in [0.4, 0.5) is 0 Å². The highest BCUT2D eigenvalue weighted by Gasteiger charge is 2.21. The van der Waals surface area contributed by atoms with E-state index >= 15 is 0 Å². The zero-order valence-electron chi connectivity index (χ0n) is 11.7. The van der Waals surface area contributed by atoms with Gasteiger partial charge in [-0.1, -0.05) is 42.8 Å². The summed E-state index contributed by atoms with van der Waals surface area (Å²) >= 11 is 1.60. The Bertz CT molecular complexity index is 596. The molecule has 3 rings (SSSR count). The minimum absolute atomic E-state index is 0.446. The molecule has 0 bridgehead atoms. The lowest BCUT2D eigenvalue weighted by molar-refractivity contribution is 0.423. The van der Waals surface area contributed by atoms with Crippen molar-refractivity contribution in [2.24, 2.45) is 0 Å². The lowest BCUT2D eigenvalue weighted by Gasteiger charge is -2.10. The molecule has 1 saturated carbocycles. The van der Waals surface area contributed by atoms with Gasteiger partial charge >= 0.3 is 0 Å². The molecule has 2 aromatic rings. The SMILES string of the molecule is O=S(CCSc1nnnn1C1CCCC1)c1ccccc1. The molecule has 1 aromatic heterocycles. The smallest absolute Gasteiger partial charge is 0.209 e. The van der Waals surface area contributed by atoms with Gasteiger partial charge in [0.25, 0.3) is 0 Å². The molecule has 5 nitrogen and oxygen atoms in total. The van der Waals surface area contributed by atoms with Gasteiger partial charge in [0.15, 0.2) is 0 Å². The Hall–Kier alpha value is -1.21. The largest absolute Gasteiger partial charge is 0.254 e. The maximum atomic E-state index is 12.2. The fraction of sp³-hybridized carbons (Fsp3) is 0.500. The van der Waals surface area contributed by atoms with Crippen LogP contribution in [0.25, 0.3) is 0 Å². The second-order valence-electron chi connectivity index (χ2n) is 5.06.